The minimum Gasteiger partial charge on any atom is -0.379 e. The molecule has 0 unspecified atom stereocenters. The monoisotopic (exact) mass is 216 g/mol. The van der Waals surface area contributed by atoms with Crippen LogP contribution in [0.4, 0.5) is 5.69 Å². The van der Waals surface area contributed by atoms with Crippen LogP contribution in [0.15, 0.2) is 24.5 Å². The predicted molar refractivity (Wildman–Crippen MR) is 71.7 cm³/mol. The van der Waals surface area contributed by atoms with E-state index in [2.05, 4.69) is 43.7 Å². The molecule has 0 radical (unpaired) electrons. The van der Waals surface area contributed by atoms with Gasteiger partial charge >= 0.3 is 0 Å². The Morgan fingerprint density at radius 2 is 2.00 bits per heavy atom. The fraction of sp³-hybridized carbons (Fsp3) is 0.357. The van der Waals surface area contributed by atoms with Crippen LogP contribution in [0.5, 0.6) is 0 Å². The summed E-state index contributed by atoms with van der Waals surface area (Å²) in [6.07, 6.45) is 9.69. The van der Waals surface area contributed by atoms with Crippen LogP contribution in [-0.2, 0) is 0 Å². The average molecular weight is 216 g/mol. The number of aromatic nitrogens is 1. The van der Waals surface area contributed by atoms with Crippen LogP contribution in [0, 0.1) is 0 Å². The first-order valence-electron chi connectivity index (χ1n) is 5.48. The molecular weight excluding hydrogens is 196 g/mol. The van der Waals surface area contributed by atoms with E-state index in [0.29, 0.717) is 0 Å². The van der Waals surface area contributed by atoms with Crippen molar-refractivity contribution < 1.29 is 0 Å². The van der Waals surface area contributed by atoms with E-state index >= 15 is 0 Å². The molecule has 0 bridgehead atoms. The molecule has 1 aromatic heterocycles. The lowest BCUT2D eigenvalue weighted by molar-refractivity contribution is 0.633. The molecule has 1 N–H and O–H groups in total. The molecule has 0 aliphatic heterocycles. The Kier molecular flexibility index (Phi) is 3.88. The van der Waals surface area contributed by atoms with Gasteiger partial charge in [0, 0.05) is 17.0 Å². The topological polar surface area (TPSA) is 24.9 Å². The lowest BCUT2D eigenvalue weighted by Crippen LogP contribution is -2.34. The second-order valence-corrected chi connectivity index (χ2v) is 4.83. The van der Waals surface area contributed by atoms with Gasteiger partial charge in [-0.2, -0.15) is 0 Å². The second kappa shape index (κ2) is 4.97. The first kappa shape index (κ1) is 12.5. The standard InChI is InChI=1S/C14H20N2/c1-6-7-8-12-11(2)9-15-10-13(12)16-14(3,4)5/h6-10,16H,2H2,1,3-5H3/b7-6-,12-8+. The molecule has 0 fully saturated rings. The minimum atomic E-state index is 0.0218. The van der Waals surface area contributed by atoms with Crippen molar-refractivity contribution in [3.05, 3.63) is 35.0 Å². The van der Waals surface area contributed by atoms with Crippen molar-refractivity contribution >= 4 is 18.3 Å². The lowest BCUT2D eigenvalue weighted by Gasteiger charge is -2.22. The molecule has 0 atom stereocenters. The number of nitrogens with zero attached hydrogens (tertiary/aromatic N) is 1. The van der Waals surface area contributed by atoms with Gasteiger partial charge in [0.1, 0.15) is 0 Å². The van der Waals surface area contributed by atoms with Crippen LogP contribution in [0.1, 0.15) is 27.7 Å². The summed E-state index contributed by atoms with van der Waals surface area (Å²) in [6.45, 7) is 12.4. The third-order valence-corrected chi connectivity index (χ3v) is 2.04. The number of anilines is 1. The van der Waals surface area contributed by atoms with Gasteiger partial charge in [-0.1, -0.05) is 24.8 Å². The first-order chi connectivity index (χ1) is 7.44. The first-order valence-corrected chi connectivity index (χ1v) is 5.48. The Morgan fingerprint density at radius 1 is 1.31 bits per heavy atom. The van der Waals surface area contributed by atoms with Crippen molar-refractivity contribution in [2.75, 3.05) is 5.32 Å². The van der Waals surface area contributed by atoms with E-state index in [1.165, 1.54) is 0 Å². The van der Waals surface area contributed by atoms with Crippen LogP contribution in [0.25, 0.3) is 12.7 Å². The van der Waals surface area contributed by atoms with Crippen molar-refractivity contribution in [1.82, 2.24) is 4.98 Å². The lowest BCUT2D eigenvalue weighted by atomic mass is 10.1. The van der Waals surface area contributed by atoms with Crippen LogP contribution >= 0.6 is 0 Å². The molecule has 1 heterocycles. The molecule has 2 heteroatoms. The molecule has 0 aliphatic rings. The highest BCUT2D eigenvalue weighted by Crippen LogP contribution is 2.07. The molecular formula is C14H20N2. The third kappa shape index (κ3) is 3.54. The number of hydrogen-bond donors (Lipinski definition) is 1. The van der Waals surface area contributed by atoms with Gasteiger partial charge in [-0.05, 0) is 32.9 Å². The third-order valence-electron chi connectivity index (χ3n) is 2.04. The highest BCUT2D eigenvalue weighted by Gasteiger charge is 2.09. The van der Waals surface area contributed by atoms with Gasteiger partial charge in [0.15, 0.2) is 0 Å². The van der Waals surface area contributed by atoms with Gasteiger partial charge in [-0.25, -0.2) is 0 Å². The van der Waals surface area contributed by atoms with E-state index in [4.69, 9.17) is 0 Å². The van der Waals surface area contributed by atoms with Crippen LogP contribution in [0.2, 0.25) is 0 Å². The Balaban J connectivity index is 3.29. The molecule has 1 rings (SSSR count). The van der Waals surface area contributed by atoms with Crippen molar-refractivity contribution in [2.24, 2.45) is 0 Å². The molecule has 0 saturated carbocycles. The fourth-order valence-electron chi connectivity index (χ4n) is 1.41. The number of allylic oxidation sites excluding steroid dienone is 2. The molecule has 0 aromatic carbocycles. The molecule has 16 heavy (non-hydrogen) atoms. The smallest absolute Gasteiger partial charge is 0.0610 e. The van der Waals surface area contributed by atoms with Gasteiger partial charge in [-0.15, -0.1) is 0 Å². The summed E-state index contributed by atoms with van der Waals surface area (Å²) in [7, 11) is 0. The molecule has 0 saturated heterocycles. The zero-order valence-corrected chi connectivity index (χ0v) is 10.5. The van der Waals surface area contributed by atoms with E-state index in [1.54, 1.807) is 6.20 Å². The number of nitrogens with one attached hydrogen (secondary N) is 1. The van der Waals surface area contributed by atoms with Crippen molar-refractivity contribution in [1.29, 1.82) is 0 Å². The molecule has 86 valence electrons. The second-order valence-electron chi connectivity index (χ2n) is 4.83. The fourth-order valence-corrected chi connectivity index (χ4v) is 1.41. The van der Waals surface area contributed by atoms with Crippen LogP contribution in [0.3, 0.4) is 0 Å². The number of hydrogen-bond acceptors (Lipinski definition) is 2. The van der Waals surface area contributed by atoms with Gasteiger partial charge in [0.2, 0.25) is 0 Å². The average Bonchev–Trinajstić information content (AvgIpc) is 2.14. The molecule has 0 aliphatic carbocycles. The van der Waals surface area contributed by atoms with Crippen LogP contribution < -0.4 is 15.8 Å². The van der Waals surface area contributed by atoms with E-state index in [9.17, 15) is 0 Å². The highest BCUT2D eigenvalue weighted by atomic mass is 15.0. The van der Waals surface area contributed by atoms with Gasteiger partial charge in [-0.3, -0.25) is 4.98 Å². The van der Waals surface area contributed by atoms with Gasteiger partial charge < -0.3 is 5.32 Å². The van der Waals surface area contributed by atoms with Crippen molar-refractivity contribution in [2.45, 2.75) is 33.2 Å². The molecule has 0 spiro atoms. The summed E-state index contributed by atoms with van der Waals surface area (Å²) in [6, 6.07) is 0. The normalized spacial score (nSPS) is 13.4. The summed E-state index contributed by atoms with van der Waals surface area (Å²) in [5, 5.41) is 5.47. The van der Waals surface area contributed by atoms with Crippen molar-refractivity contribution in [3.8, 4) is 0 Å². The zero-order valence-electron chi connectivity index (χ0n) is 10.5. The minimum absolute atomic E-state index is 0.0218. The Hall–Kier alpha value is -1.57. The maximum absolute atomic E-state index is 4.17. The van der Waals surface area contributed by atoms with Gasteiger partial charge in [0.05, 0.1) is 11.9 Å². The maximum Gasteiger partial charge on any atom is 0.0610 e. The molecule has 0 amide bonds. The number of rotatable bonds is 2. The quantitative estimate of drug-likeness (QED) is 0.818. The Morgan fingerprint density at radius 3 is 2.56 bits per heavy atom. The highest BCUT2D eigenvalue weighted by molar-refractivity contribution is 5.52. The van der Waals surface area contributed by atoms with E-state index < -0.39 is 0 Å². The molecule has 2 nitrogen and oxygen atoms in total. The van der Waals surface area contributed by atoms with Gasteiger partial charge in [0.25, 0.3) is 0 Å². The van der Waals surface area contributed by atoms with Crippen molar-refractivity contribution in [3.63, 3.8) is 0 Å². The zero-order chi connectivity index (χ0) is 12.2. The Labute approximate surface area is 97.4 Å². The van der Waals surface area contributed by atoms with E-state index in [1.807, 2.05) is 25.3 Å². The molecule has 1 aromatic rings. The predicted octanol–water partition coefficient (Wildman–Crippen LogP) is 2.06. The summed E-state index contributed by atoms with van der Waals surface area (Å²) in [5.74, 6) is 0. The van der Waals surface area contributed by atoms with E-state index in [0.717, 1.165) is 16.1 Å². The summed E-state index contributed by atoms with van der Waals surface area (Å²) in [5.41, 5.74) is 1.05. The Bertz CT molecular complexity index is 478. The van der Waals surface area contributed by atoms with Crippen LogP contribution in [-0.4, -0.2) is 10.5 Å². The number of pyridine rings is 1. The maximum atomic E-state index is 4.17. The summed E-state index contributed by atoms with van der Waals surface area (Å²) >= 11 is 0. The SMILES string of the molecule is C=c1cncc(NC(C)(C)C)/c1=C/C=C\C. The largest absolute Gasteiger partial charge is 0.379 e. The summed E-state index contributed by atoms with van der Waals surface area (Å²) < 4.78 is 0. The van der Waals surface area contributed by atoms with E-state index in [-0.39, 0.29) is 5.54 Å². The summed E-state index contributed by atoms with van der Waals surface area (Å²) in [4.78, 5) is 4.17.